The highest BCUT2D eigenvalue weighted by molar-refractivity contribution is 6.22. The summed E-state index contributed by atoms with van der Waals surface area (Å²) in [5, 5.41) is 11.4. The van der Waals surface area contributed by atoms with E-state index in [1.54, 1.807) is 18.2 Å². The average Bonchev–Trinajstić information content (AvgIpc) is 2.99. The largest absolute Gasteiger partial charge is 0.452 e. The number of benzene rings is 2. The van der Waals surface area contributed by atoms with Crippen LogP contribution in [0.2, 0.25) is 0 Å². The molecule has 0 saturated heterocycles. The number of fused-ring (bicyclic) bond motifs is 1. The molecule has 1 heterocycles. The maximum Gasteiger partial charge on any atom is 0.338 e. The number of imide groups is 1. The van der Waals surface area contributed by atoms with Gasteiger partial charge in [0, 0.05) is 12.2 Å². The normalized spacial score (nSPS) is 12.5. The van der Waals surface area contributed by atoms with Crippen LogP contribution in [0, 0.1) is 17.2 Å². The molecule has 31 heavy (non-hydrogen) atoms. The van der Waals surface area contributed by atoms with Crippen LogP contribution in [0.5, 0.6) is 0 Å². The molecule has 1 N–H and O–H groups in total. The summed E-state index contributed by atoms with van der Waals surface area (Å²) >= 11 is 0. The van der Waals surface area contributed by atoms with Gasteiger partial charge in [0.1, 0.15) is 0 Å². The van der Waals surface area contributed by atoms with Gasteiger partial charge in [0.15, 0.2) is 6.61 Å². The minimum atomic E-state index is -0.787. The number of anilines is 1. The quantitative estimate of drug-likeness (QED) is 0.545. The number of carbonyl (C=O) groups is 4. The fourth-order valence-corrected chi connectivity index (χ4v) is 3.09. The Morgan fingerprint density at radius 1 is 1.10 bits per heavy atom. The van der Waals surface area contributed by atoms with Gasteiger partial charge in [0.05, 0.1) is 28.3 Å². The van der Waals surface area contributed by atoms with Crippen molar-refractivity contribution in [1.82, 2.24) is 4.90 Å². The van der Waals surface area contributed by atoms with Gasteiger partial charge >= 0.3 is 5.97 Å². The van der Waals surface area contributed by atoms with Crippen LogP contribution in [0.4, 0.5) is 5.69 Å². The molecule has 0 aromatic heterocycles. The second-order valence-corrected chi connectivity index (χ2v) is 7.52. The molecule has 3 amide bonds. The lowest BCUT2D eigenvalue weighted by molar-refractivity contribution is -0.119. The Hall–Kier alpha value is -3.99. The molecule has 3 rings (SSSR count). The monoisotopic (exact) mass is 419 g/mol. The van der Waals surface area contributed by atoms with E-state index in [0.717, 1.165) is 0 Å². The second kappa shape index (κ2) is 9.22. The molecule has 0 unspecified atom stereocenters. The van der Waals surface area contributed by atoms with Crippen LogP contribution in [-0.4, -0.2) is 41.7 Å². The molecule has 2 aromatic rings. The first-order valence-corrected chi connectivity index (χ1v) is 9.77. The van der Waals surface area contributed by atoms with Crippen LogP contribution in [0.25, 0.3) is 0 Å². The third-order valence-electron chi connectivity index (χ3n) is 4.75. The van der Waals surface area contributed by atoms with Crippen molar-refractivity contribution < 1.29 is 23.9 Å². The number of rotatable bonds is 7. The van der Waals surface area contributed by atoms with Crippen LogP contribution in [0.15, 0.2) is 42.5 Å². The average molecular weight is 419 g/mol. The topological polar surface area (TPSA) is 117 Å². The first-order valence-electron chi connectivity index (χ1n) is 9.77. The van der Waals surface area contributed by atoms with E-state index in [9.17, 15) is 19.2 Å². The number of ether oxygens (including phenoxy) is 1. The molecule has 158 valence electrons. The fraction of sp³-hybridized carbons (Fsp3) is 0.261. The predicted octanol–water partition coefficient (Wildman–Crippen LogP) is 3.00. The molecular weight excluding hydrogens is 398 g/mol. The van der Waals surface area contributed by atoms with E-state index in [-0.39, 0.29) is 22.6 Å². The Balaban J connectivity index is 1.62. The van der Waals surface area contributed by atoms with Crippen LogP contribution in [-0.2, 0) is 9.53 Å². The number of amides is 3. The Kier molecular flexibility index (Phi) is 6.46. The molecule has 0 radical (unpaired) electrons. The molecule has 0 bridgehead atoms. The van der Waals surface area contributed by atoms with Crippen molar-refractivity contribution in [2.75, 3.05) is 18.5 Å². The summed E-state index contributed by atoms with van der Waals surface area (Å²) in [5.74, 6) is -1.84. The highest BCUT2D eigenvalue weighted by Gasteiger charge is 2.35. The van der Waals surface area contributed by atoms with Gasteiger partial charge in [0.25, 0.3) is 17.7 Å². The minimum Gasteiger partial charge on any atom is -0.452 e. The van der Waals surface area contributed by atoms with Crippen LogP contribution >= 0.6 is 0 Å². The lowest BCUT2D eigenvalue weighted by atomic mass is 10.1. The third kappa shape index (κ3) is 4.95. The Morgan fingerprint density at radius 3 is 2.55 bits per heavy atom. The van der Waals surface area contributed by atoms with E-state index in [2.05, 4.69) is 5.32 Å². The molecule has 8 heteroatoms. The van der Waals surface area contributed by atoms with Gasteiger partial charge in [-0.05, 0) is 48.7 Å². The summed E-state index contributed by atoms with van der Waals surface area (Å²) in [6, 6.07) is 12.4. The summed E-state index contributed by atoms with van der Waals surface area (Å²) in [7, 11) is 0. The molecule has 1 aliphatic rings. The standard InChI is InChI=1S/C23H21N3O5/c1-14(2)8-9-26-21(28)18-7-6-16(11-19(18)22(26)29)23(30)31-13-20(27)25-17-5-3-4-15(10-17)12-24/h3-7,10-11,14H,8-9,13H2,1-2H3,(H,25,27). The van der Waals surface area contributed by atoms with Gasteiger partial charge in [-0.2, -0.15) is 5.26 Å². The SMILES string of the molecule is CC(C)CCN1C(=O)c2ccc(C(=O)OCC(=O)Nc3cccc(C#N)c3)cc2C1=O. The van der Waals surface area contributed by atoms with Gasteiger partial charge < -0.3 is 10.1 Å². The highest BCUT2D eigenvalue weighted by atomic mass is 16.5. The highest BCUT2D eigenvalue weighted by Crippen LogP contribution is 2.25. The van der Waals surface area contributed by atoms with E-state index in [1.807, 2.05) is 19.9 Å². The molecule has 1 aliphatic heterocycles. The first-order chi connectivity index (χ1) is 14.8. The first kappa shape index (κ1) is 21.7. The number of nitrogens with zero attached hydrogens (tertiary/aromatic N) is 2. The molecule has 8 nitrogen and oxygen atoms in total. The minimum absolute atomic E-state index is 0.0740. The van der Waals surface area contributed by atoms with E-state index in [0.29, 0.717) is 30.1 Å². The zero-order valence-corrected chi connectivity index (χ0v) is 17.2. The summed E-state index contributed by atoms with van der Waals surface area (Å²) in [4.78, 5) is 50.6. The van der Waals surface area contributed by atoms with E-state index in [1.165, 1.54) is 29.2 Å². The maximum absolute atomic E-state index is 12.6. The van der Waals surface area contributed by atoms with Crippen molar-refractivity contribution in [3.05, 3.63) is 64.7 Å². The molecule has 0 saturated carbocycles. The van der Waals surface area contributed by atoms with Crippen LogP contribution < -0.4 is 5.32 Å². The third-order valence-corrected chi connectivity index (χ3v) is 4.75. The van der Waals surface area contributed by atoms with Gasteiger partial charge in [-0.1, -0.05) is 19.9 Å². The zero-order valence-electron chi connectivity index (χ0n) is 17.2. The van der Waals surface area contributed by atoms with Gasteiger partial charge in [-0.15, -0.1) is 0 Å². The molecule has 2 aromatic carbocycles. The zero-order chi connectivity index (χ0) is 22.5. The molecule has 0 fully saturated rings. The van der Waals surface area contributed by atoms with Crippen molar-refractivity contribution in [2.45, 2.75) is 20.3 Å². The lowest BCUT2D eigenvalue weighted by Gasteiger charge is -2.14. The fourth-order valence-electron chi connectivity index (χ4n) is 3.09. The van der Waals surface area contributed by atoms with Crippen LogP contribution in [0.3, 0.4) is 0 Å². The Bertz CT molecular complexity index is 1100. The van der Waals surface area contributed by atoms with Crippen molar-refractivity contribution >= 4 is 29.4 Å². The van der Waals surface area contributed by atoms with Gasteiger partial charge in [-0.25, -0.2) is 4.79 Å². The van der Waals surface area contributed by atoms with Crippen molar-refractivity contribution in [1.29, 1.82) is 5.26 Å². The predicted molar refractivity (Wildman–Crippen MR) is 111 cm³/mol. The Morgan fingerprint density at radius 2 is 1.84 bits per heavy atom. The number of hydrogen-bond donors (Lipinski definition) is 1. The summed E-state index contributed by atoms with van der Waals surface area (Å²) in [5.41, 5.74) is 1.27. The maximum atomic E-state index is 12.6. The smallest absolute Gasteiger partial charge is 0.338 e. The number of nitrogens with one attached hydrogen (secondary N) is 1. The number of nitriles is 1. The molecule has 0 atom stereocenters. The lowest BCUT2D eigenvalue weighted by Crippen LogP contribution is -2.31. The molecular formula is C23H21N3O5. The molecule has 0 spiro atoms. The second-order valence-electron chi connectivity index (χ2n) is 7.52. The summed E-state index contributed by atoms with van der Waals surface area (Å²) < 4.78 is 5.02. The van der Waals surface area contributed by atoms with E-state index in [4.69, 9.17) is 10.00 Å². The number of esters is 1. The van der Waals surface area contributed by atoms with E-state index < -0.39 is 24.4 Å². The summed E-state index contributed by atoms with van der Waals surface area (Å²) in [6.07, 6.45) is 0.687. The number of hydrogen-bond acceptors (Lipinski definition) is 6. The van der Waals surface area contributed by atoms with Gasteiger partial charge in [0.2, 0.25) is 0 Å². The van der Waals surface area contributed by atoms with Crippen molar-refractivity contribution in [3.63, 3.8) is 0 Å². The van der Waals surface area contributed by atoms with Crippen molar-refractivity contribution in [2.24, 2.45) is 5.92 Å². The summed E-state index contributed by atoms with van der Waals surface area (Å²) in [6.45, 7) is 3.78. The molecule has 0 aliphatic carbocycles. The van der Waals surface area contributed by atoms with Gasteiger partial charge in [-0.3, -0.25) is 19.3 Å². The number of carbonyl (C=O) groups excluding carboxylic acids is 4. The Labute approximate surface area is 179 Å². The van der Waals surface area contributed by atoms with Crippen LogP contribution in [0.1, 0.15) is 56.9 Å². The van der Waals surface area contributed by atoms with E-state index >= 15 is 0 Å². The van der Waals surface area contributed by atoms with Crippen molar-refractivity contribution in [3.8, 4) is 6.07 Å².